The number of hydrogen-bond donors (Lipinski definition) is 1. The van der Waals surface area contributed by atoms with E-state index in [2.05, 4.69) is 48.6 Å². The van der Waals surface area contributed by atoms with Crippen molar-refractivity contribution in [2.75, 3.05) is 0 Å². The van der Waals surface area contributed by atoms with Gasteiger partial charge in [-0.2, -0.15) is 0 Å². The third kappa shape index (κ3) is 2.86. The van der Waals surface area contributed by atoms with Crippen LogP contribution in [0.25, 0.3) is 0 Å². The normalized spacial score (nSPS) is 20.0. The second kappa shape index (κ2) is 5.66. The molecule has 0 saturated carbocycles. The maximum atomic E-state index is 6.16. The number of thiophene rings is 1. The number of rotatable bonds is 3. The van der Waals surface area contributed by atoms with Gasteiger partial charge in [-0.25, -0.2) is 0 Å². The highest BCUT2D eigenvalue weighted by molar-refractivity contribution is 7.16. The average Bonchev–Trinajstić information content (AvgIpc) is 2.81. The molecule has 0 fully saturated rings. The molecule has 1 aliphatic rings. The van der Waals surface area contributed by atoms with Crippen molar-refractivity contribution in [3.8, 4) is 0 Å². The van der Waals surface area contributed by atoms with Crippen molar-refractivity contribution < 1.29 is 0 Å². The van der Waals surface area contributed by atoms with Gasteiger partial charge in [0.15, 0.2) is 0 Å². The highest BCUT2D eigenvalue weighted by Gasteiger charge is 2.24. The van der Waals surface area contributed by atoms with Crippen molar-refractivity contribution in [3.63, 3.8) is 0 Å². The molecule has 1 aromatic heterocycles. The topological polar surface area (TPSA) is 12.0 Å². The van der Waals surface area contributed by atoms with Gasteiger partial charge in [-0.3, -0.25) is 0 Å². The fraction of sp³-hybridized carbons (Fsp3) is 0.375. The number of aryl methyl sites for hydroxylation is 1. The molecule has 1 N–H and O–H groups in total. The molecule has 0 aliphatic heterocycles. The van der Waals surface area contributed by atoms with Gasteiger partial charge in [0.1, 0.15) is 0 Å². The number of nitrogens with one attached hydrogen (secondary N) is 1. The zero-order chi connectivity index (χ0) is 13.2. The third-order valence-electron chi connectivity index (χ3n) is 3.83. The van der Waals surface area contributed by atoms with Crippen LogP contribution in [0, 0.1) is 0 Å². The highest BCUT2D eigenvalue weighted by atomic mass is 35.5. The molecule has 1 aliphatic carbocycles. The SMILES string of the molecule is C[C@@H](NC1CCCc2sc(Cl)cc21)c1ccccc1. The molecule has 100 valence electrons. The molecule has 1 nitrogen and oxygen atoms in total. The van der Waals surface area contributed by atoms with E-state index in [-0.39, 0.29) is 0 Å². The average molecular weight is 292 g/mol. The summed E-state index contributed by atoms with van der Waals surface area (Å²) in [6.07, 6.45) is 3.64. The zero-order valence-electron chi connectivity index (χ0n) is 11.0. The Hall–Kier alpha value is -0.830. The van der Waals surface area contributed by atoms with Gasteiger partial charge in [0.25, 0.3) is 0 Å². The predicted octanol–water partition coefficient (Wildman–Crippen LogP) is 5.13. The van der Waals surface area contributed by atoms with Crippen LogP contribution in [0.2, 0.25) is 4.34 Å². The van der Waals surface area contributed by atoms with Crippen molar-refractivity contribution in [2.24, 2.45) is 0 Å². The summed E-state index contributed by atoms with van der Waals surface area (Å²) in [4.78, 5) is 1.47. The Labute approximate surface area is 123 Å². The summed E-state index contributed by atoms with van der Waals surface area (Å²) in [6, 6.07) is 13.6. The Kier molecular flexibility index (Phi) is 3.92. The first-order valence-corrected chi connectivity index (χ1v) is 8.02. The molecule has 1 heterocycles. The fourth-order valence-electron chi connectivity index (χ4n) is 2.83. The van der Waals surface area contributed by atoms with E-state index >= 15 is 0 Å². The fourth-order valence-corrected chi connectivity index (χ4v) is 4.22. The molecule has 3 rings (SSSR count). The molecule has 3 heteroatoms. The number of halogens is 1. The van der Waals surface area contributed by atoms with E-state index < -0.39 is 0 Å². The highest BCUT2D eigenvalue weighted by Crippen LogP contribution is 2.38. The lowest BCUT2D eigenvalue weighted by Crippen LogP contribution is -2.27. The summed E-state index contributed by atoms with van der Waals surface area (Å²) >= 11 is 7.90. The quantitative estimate of drug-likeness (QED) is 0.826. The Balaban J connectivity index is 1.77. The van der Waals surface area contributed by atoms with Crippen molar-refractivity contribution in [1.82, 2.24) is 5.32 Å². The molecule has 1 unspecified atom stereocenters. The predicted molar refractivity (Wildman–Crippen MR) is 83.0 cm³/mol. The number of benzene rings is 1. The van der Waals surface area contributed by atoms with Crippen LogP contribution in [0.15, 0.2) is 36.4 Å². The van der Waals surface area contributed by atoms with Crippen LogP contribution in [0.3, 0.4) is 0 Å². The molecule has 19 heavy (non-hydrogen) atoms. The van der Waals surface area contributed by atoms with Crippen LogP contribution < -0.4 is 5.32 Å². The van der Waals surface area contributed by atoms with Gasteiger partial charge in [0.2, 0.25) is 0 Å². The molecule has 0 amide bonds. The first kappa shape index (κ1) is 13.2. The van der Waals surface area contributed by atoms with Crippen molar-refractivity contribution in [1.29, 1.82) is 0 Å². The third-order valence-corrected chi connectivity index (χ3v) is 5.17. The Bertz CT molecular complexity index is 549. The van der Waals surface area contributed by atoms with Crippen molar-refractivity contribution in [3.05, 3.63) is 56.7 Å². The summed E-state index contributed by atoms with van der Waals surface area (Å²) in [5, 5.41) is 3.75. The largest absolute Gasteiger partial charge is 0.303 e. The molecule has 0 saturated heterocycles. The second-order valence-electron chi connectivity index (χ2n) is 5.17. The van der Waals surface area contributed by atoms with E-state index in [1.54, 1.807) is 11.3 Å². The van der Waals surface area contributed by atoms with Gasteiger partial charge in [-0.05, 0) is 43.4 Å². The van der Waals surface area contributed by atoms with Crippen LogP contribution in [-0.2, 0) is 6.42 Å². The van der Waals surface area contributed by atoms with Gasteiger partial charge in [0.05, 0.1) is 4.34 Å². The maximum Gasteiger partial charge on any atom is 0.0934 e. The van der Waals surface area contributed by atoms with Crippen LogP contribution in [0.5, 0.6) is 0 Å². The molecule has 0 bridgehead atoms. The Morgan fingerprint density at radius 2 is 2.11 bits per heavy atom. The standard InChI is InChI=1S/C16H18ClNS/c1-11(12-6-3-2-4-7-12)18-14-8-5-9-15-13(14)10-16(17)19-15/h2-4,6-7,10-11,14,18H,5,8-9H2,1H3/t11-,14?/m1/s1. The zero-order valence-corrected chi connectivity index (χ0v) is 12.6. The lowest BCUT2D eigenvalue weighted by molar-refractivity contribution is 0.418. The minimum atomic E-state index is 0.371. The molecule has 0 radical (unpaired) electrons. The van der Waals surface area contributed by atoms with E-state index in [1.165, 1.54) is 35.3 Å². The summed E-state index contributed by atoms with van der Waals surface area (Å²) < 4.78 is 0.922. The van der Waals surface area contributed by atoms with E-state index in [0.717, 1.165) is 4.34 Å². The van der Waals surface area contributed by atoms with Crippen LogP contribution >= 0.6 is 22.9 Å². The number of hydrogen-bond acceptors (Lipinski definition) is 2. The smallest absolute Gasteiger partial charge is 0.0934 e. The van der Waals surface area contributed by atoms with Gasteiger partial charge in [-0.1, -0.05) is 41.9 Å². The molecule has 1 aromatic carbocycles. The van der Waals surface area contributed by atoms with E-state index in [9.17, 15) is 0 Å². The summed E-state index contributed by atoms with van der Waals surface area (Å²) in [6.45, 7) is 2.23. The summed E-state index contributed by atoms with van der Waals surface area (Å²) in [7, 11) is 0. The van der Waals surface area contributed by atoms with Gasteiger partial charge in [-0.15, -0.1) is 11.3 Å². The first-order chi connectivity index (χ1) is 9.24. The molecular weight excluding hydrogens is 274 g/mol. The Morgan fingerprint density at radius 1 is 1.32 bits per heavy atom. The minimum absolute atomic E-state index is 0.371. The molecule has 0 spiro atoms. The van der Waals surface area contributed by atoms with Gasteiger partial charge < -0.3 is 5.32 Å². The van der Waals surface area contributed by atoms with Gasteiger partial charge in [0, 0.05) is 17.0 Å². The van der Waals surface area contributed by atoms with E-state index in [0.29, 0.717) is 12.1 Å². The second-order valence-corrected chi connectivity index (χ2v) is 6.94. The van der Waals surface area contributed by atoms with Crippen LogP contribution in [0.4, 0.5) is 0 Å². The molecular formula is C16H18ClNS. The maximum absolute atomic E-state index is 6.16. The van der Waals surface area contributed by atoms with Crippen LogP contribution in [0.1, 0.15) is 47.9 Å². The summed E-state index contributed by atoms with van der Waals surface area (Å²) in [5.74, 6) is 0. The first-order valence-electron chi connectivity index (χ1n) is 6.83. The Morgan fingerprint density at radius 3 is 2.89 bits per heavy atom. The lowest BCUT2D eigenvalue weighted by Gasteiger charge is -2.27. The van der Waals surface area contributed by atoms with E-state index in [1.807, 2.05) is 0 Å². The monoisotopic (exact) mass is 291 g/mol. The van der Waals surface area contributed by atoms with Crippen molar-refractivity contribution >= 4 is 22.9 Å². The van der Waals surface area contributed by atoms with Crippen molar-refractivity contribution in [2.45, 2.75) is 38.3 Å². The molecule has 2 atom stereocenters. The number of fused-ring (bicyclic) bond motifs is 1. The van der Waals surface area contributed by atoms with Crippen LogP contribution in [-0.4, -0.2) is 0 Å². The molecule has 2 aromatic rings. The summed E-state index contributed by atoms with van der Waals surface area (Å²) in [5.41, 5.74) is 2.76. The lowest BCUT2D eigenvalue weighted by atomic mass is 9.93. The van der Waals surface area contributed by atoms with Gasteiger partial charge >= 0.3 is 0 Å². The van der Waals surface area contributed by atoms with E-state index in [4.69, 9.17) is 11.6 Å². The minimum Gasteiger partial charge on any atom is -0.303 e.